The van der Waals surface area contributed by atoms with Gasteiger partial charge in [-0.3, -0.25) is 0 Å². The molecule has 2 fully saturated rings. The van der Waals surface area contributed by atoms with Gasteiger partial charge in [-0.25, -0.2) is 0 Å². The van der Waals surface area contributed by atoms with Gasteiger partial charge in [-0.1, -0.05) is 18.2 Å². The van der Waals surface area contributed by atoms with E-state index in [0.717, 1.165) is 56.3 Å². The number of hydrogen-bond acceptors (Lipinski definition) is 4. The minimum Gasteiger partial charge on any atom is -0.493 e. The van der Waals surface area contributed by atoms with E-state index in [-0.39, 0.29) is 6.10 Å². The van der Waals surface area contributed by atoms with Gasteiger partial charge in [0.1, 0.15) is 5.75 Å². The van der Waals surface area contributed by atoms with Crippen molar-refractivity contribution in [2.24, 2.45) is 17.6 Å². The van der Waals surface area contributed by atoms with Crippen molar-refractivity contribution in [2.75, 3.05) is 26.2 Å². The van der Waals surface area contributed by atoms with Crippen LogP contribution in [0.3, 0.4) is 0 Å². The molecule has 1 saturated heterocycles. The van der Waals surface area contributed by atoms with Crippen LogP contribution in [0.15, 0.2) is 24.3 Å². The van der Waals surface area contributed by atoms with E-state index < -0.39 is 0 Å². The minimum absolute atomic E-state index is 0.0623. The minimum atomic E-state index is -0.0623. The van der Waals surface area contributed by atoms with Crippen molar-refractivity contribution >= 4 is 0 Å². The first kappa shape index (κ1) is 14.8. The highest BCUT2D eigenvalue weighted by molar-refractivity contribution is 5.32. The van der Waals surface area contributed by atoms with Gasteiger partial charge in [0.25, 0.3) is 0 Å². The third kappa shape index (κ3) is 3.39. The van der Waals surface area contributed by atoms with Crippen LogP contribution in [-0.4, -0.2) is 42.4 Å². The molecule has 3 N–H and O–H groups in total. The molecular formula is C17H26N2O2. The summed E-state index contributed by atoms with van der Waals surface area (Å²) in [6.07, 6.45) is 3.16. The summed E-state index contributed by atoms with van der Waals surface area (Å²) in [7, 11) is 0. The van der Waals surface area contributed by atoms with Gasteiger partial charge in [0.05, 0.1) is 12.7 Å². The number of rotatable bonds is 6. The van der Waals surface area contributed by atoms with Crippen LogP contribution in [0.2, 0.25) is 0 Å². The van der Waals surface area contributed by atoms with Gasteiger partial charge >= 0.3 is 0 Å². The monoisotopic (exact) mass is 290 g/mol. The number of likely N-dealkylation sites (tertiary alicyclic amines) is 1. The molecule has 0 radical (unpaired) electrons. The Labute approximate surface area is 126 Å². The molecule has 4 heteroatoms. The summed E-state index contributed by atoms with van der Waals surface area (Å²) in [6, 6.07) is 7.97. The highest BCUT2D eigenvalue weighted by atomic mass is 16.5. The van der Waals surface area contributed by atoms with Gasteiger partial charge in [-0.2, -0.15) is 0 Å². The zero-order chi connectivity index (χ0) is 14.7. The number of hydrogen-bond donors (Lipinski definition) is 2. The number of ether oxygens (including phenoxy) is 1. The second-order valence-corrected chi connectivity index (χ2v) is 6.34. The first-order valence-electron chi connectivity index (χ1n) is 8.09. The molecule has 0 spiro atoms. The first-order chi connectivity index (χ1) is 10.3. The van der Waals surface area contributed by atoms with Crippen LogP contribution in [0.5, 0.6) is 5.75 Å². The molecule has 0 amide bonds. The summed E-state index contributed by atoms with van der Waals surface area (Å²) in [5, 5.41) is 9.93. The molecule has 21 heavy (non-hydrogen) atoms. The molecule has 2 aliphatic rings. The zero-order valence-electron chi connectivity index (χ0n) is 12.6. The largest absolute Gasteiger partial charge is 0.493 e. The van der Waals surface area contributed by atoms with Crippen molar-refractivity contribution in [3.05, 3.63) is 29.8 Å². The predicted molar refractivity (Wildman–Crippen MR) is 83.1 cm³/mol. The molecule has 1 heterocycles. The van der Waals surface area contributed by atoms with Gasteiger partial charge in [0.2, 0.25) is 0 Å². The van der Waals surface area contributed by atoms with Gasteiger partial charge in [0.15, 0.2) is 0 Å². The fourth-order valence-corrected chi connectivity index (χ4v) is 3.80. The van der Waals surface area contributed by atoms with E-state index in [4.69, 9.17) is 10.5 Å². The van der Waals surface area contributed by atoms with Gasteiger partial charge in [-0.15, -0.1) is 0 Å². The molecule has 1 aliphatic heterocycles. The maximum Gasteiger partial charge on any atom is 0.123 e. The predicted octanol–water partition coefficient (Wildman–Crippen LogP) is 1.62. The Bertz CT molecular complexity index is 466. The first-order valence-corrected chi connectivity index (χ1v) is 8.09. The highest BCUT2D eigenvalue weighted by Crippen LogP contribution is 2.37. The number of fused-ring (bicyclic) bond motifs is 1. The van der Waals surface area contributed by atoms with Crippen LogP contribution in [0.1, 0.15) is 24.8 Å². The van der Waals surface area contributed by atoms with Crippen LogP contribution >= 0.6 is 0 Å². The number of benzene rings is 1. The summed E-state index contributed by atoms with van der Waals surface area (Å²) >= 11 is 0. The molecule has 1 saturated carbocycles. The standard InChI is InChI=1S/C17H26N2O2/c18-10-13-4-1-2-5-17(13)21-9-3-8-19-11-14-6-7-16(20)15(14)12-19/h1-2,4-5,14-16,20H,3,6-12,18H2. The summed E-state index contributed by atoms with van der Waals surface area (Å²) < 4.78 is 5.85. The van der Waals surface area contributed by atoms with Crippen molar-refractivity contribution in [3.63, 3.8) is 0 Å². The maximum absolute atomic E-state index is 9.93. The second-order valence-electron chi connectivity index (χ2n) is 6.34. The van der Waals surface area contributed by atoms with Crippen LogP contribution in [0.4, 0.5) is 0 Å². The second kappa shape index (κ2) is 6.77. The fraction of sp³-hybridized carbons (Fsp3) is 0.647. The lowest BCUT2D eigenvalue weighted by atomic mass is 10.00. The molecule has 1 aromatic carbocycles. The molecule has 3 atom stereocenters. The van der Waals surface area contributed by atoms with Crippen LogP contribution < -0.4 is 10.5 Å². The number of aliphatic hydroxyl groups excluding tert-OH is 1. The normalized spacial score (nSPS) is 28.8. The molecule has 0 bridgehead atoms. The average molecular weight is 290 g/mol. The summed E-state index contributed by atoms with van der Waals surface area (Å²) in [5.74, 6) is 2.15. The van der Waals surface area contributed by atoms with E-state index in [1.54, 1.807) is 0 Å². The van der Waals surface area contributed by atoms with E-state index in [1.165, 1.54) is 6.42 Å². The van der Waals surface area contributed by atoms with Gasteiger partial charge in [-0.05, 0) is 31.2 Å². The summed E-state index contributed by atoms with van der Waals surface area (Å²) in [5.41, 5.74) is 6.77. The Hall–Kier alpha value is -1.10. The third-order valence-corrected chi connectivity index (χ3v) is 4.96. The highest BCUT2D eigenvalue weighted by Gasteiger charge is 2.41. The molecule has 3 rings (SSSR count). The lowest BCUT2D eigenvalue weighted by Crippen LogP contribution is -2.26. The van der Waals surface area contributed by atoms with E-state index in [0.29, 0.717) is 12.5 Å². The lowest BCUT2D eigenvalue weighted by Gasteiger charge is -2.18. The topological polar surface area (TPSA) is 58.7 Å². The molecule has 3 unspecified atom stereocenters. The molecule has 1 aromatic rings. The third-order valence-electron chi connectivity index (χ3n) is 4.96. The molecule has 116 valence electrons. The fourth-order valence-electron chi connectivity index (χ4n) is 3.80. The number of nitrogens with two attached hydrogens (primary N) is 1. The summed E-state index contributed by atoms with van der Waals surface area (Å²) in [4.78, 5) is 2.48. The molecule has 0 aromatic heterocycles. The van der Waals surface area contributed by atoms with Crippen LogP contribution in [0.25, 0.3) is 0 Å². The van der Waals surface area contributed by atoms with E-state index in [9.17, 15) is 5.11 Å². The molecule has 4 nitrogen and oxygen atoms in total. The van der Waals surface area contributed by atoms with Gasteiger partial charge in [0, 0.05) is 37.7 Å². The Kier molecular flexibility index (Phi) is 4.78. The average Bonchev–Trinajstić information content (AvgIpc) is 3.06. The van der Waals surface area contributed by atoms with Crippen molar-refractivity contribution < 1.29 is 9.84 Å². The Balaban J connectivity index is 1.39. The Morgan fingerprint density at radius 3 is 2.90 bits per heavy atom. The van der Waals surface area contributed by atoms with Crippen molar-refractivity contribution in [2.45, 2.75) is 31.9 Å². The van der Waals surface area contributed by atoms with Crippen molar-refractivity contribution in [1.29, 1.82) is 0 Å². The number of aliphatic hydroxyl groups is 1. The van der Waals surface area contributed by atoms with E-state index in [2.05, 4.69) is 4.90 Å². The molecule has 1 aliphatic carbocycles. The molecular weight excluding hydrogens is 264 g/mol. The number of para-hydroxylation sites is 1. The zero-order valence-corrected chi connectivity index (χ0v) is 12.6. The van der Waals surface area contributed by atoms with Crippen LogP contribution in [0, 0.1) is 11.8 Å². The van der Waals surface area contributed by atoms with E-state index >= 15 is 0 Å². The smallest absolute Gasteiger partial charge is 0.123 e. The Morgan fingerprint density at radius 2 is 2.10 bits per heavy atom. The quantitative estimate of drug-likeness (QED) is 0.782. The van der Waals surface area contributed by atoms with Crippen LogP contribution in [-0.2, 0) is 6.54 Å². The summed E-state index contributed by atoms with van der Waals surface area (Å²) in [6.45, 7) is 4.52. The number of nitrogens with zero attached hydrogens (tertiary/aromatic N) is 1. The van der Waals surface area contributed by atoms with E-state index in [1.807, 2.05) is 24.3 Å². The lowest BCUT2D eigenvalue weighted by molar-refractivity contribution is 0.123. The SMILES string of the molecule is NCc1ccccc1OCCCN1CC2CCC(O)C2C1. The Morgan fingerprint density at radius 1 is 1.24 bits per heavy atom. The maximum atomic E-state index is 9.93. The van der Waals surface area contributed by atoms with Crippen molar-refractivity contribution in [3.8, 4) is 5.75 Å². The van der Waals surface area contributed by atoms with Gasteiger partial charge < -0.3 is 20.5 Å². The van der Waals surface area contributed by atoms with Crippen molar-refractivity contribution in [1.82, 2.24) is 4.90 Å².